The number of nitrogens with zero attached hydrogens (tertiary/aromatic N) is 3. The quantitative estimate of drug-likeness (QED) is 0.884. The maximum Gasteiger partial charge on any atom is 0.138 e. The van der Waals surface area contributed by atoms with Gasteiger partial charge in [0.05, 0.1) is 6.61 Å². The average Bonchev–Trinajstić information content (AvgIpc) is 3.13. The average molecular weight is 286 g/mol. The fourth-order valence-electron chi connectivity index (χ4n) is 2.84. The van der Waals surface area contributed by atoms with Crippen molar-refractivity contribution in [2.45, 2.75) is 38.8 Å². The molecule has 1 atom stereocenters. The number of rotatable bonds is 6. The molecule has 0 fully saturated rings. The van der Waals surface area contributed by atoms with Crippen LogP contribution in [0, 0.1) is 0 Å². The van der Waals surface area contributed by atoms with Crippen LogP contribution in [0.5, 0.6) is 5.75 Å². The van der Waals surface area contributed by atoms with Crippen LogP contribution in [-0.2, 0) is 19.4 Å². The normalized spacial score (nSPS) is 14.8. The van der Waals surface area contributed by atoms with Crippen molar-refractivity contribution < 1.29 is 4.74 Å². The third-order valence-corrected chi connectivity index (χ3v) is 3.98. The molecule has 1 aliphatic heterocycles. The lowest BCUT2D eigenvalue weighted by Gasteiger charge is -2.17. The minimum Gasteiger partial charge on any atom is -0.493 e. The summed E-state index contributed by atoms with van der Waals surface area (Å²) in [5, 5.41) is 7.70. The molecular weight excluding hydrogens is 264 g/mol. The zero-order valence-electron chi connectivity index (χ0n) is 12.7. The molecule has 1 aromatic carbocycles. The number of ether oxygens (including phenoxy) is 1. The van der Waals surface area contributed by atoms with E-state index in [0.717, 1.165) is 44.0 Å². The number of nitrogens with one attached hydrogen (secondary N) is 1. The molecule has 2 heterocycles. The van der Waals surface area contributed by atoms with Crippen molar-refractivity contribution in [3.8, 4) is 5.75 Å². The Morgan fingerprint density at radius 2 is 2.33 bits per heavy atom. The Hall–Kier alpha value is -1.88. The van der Waals surface area contributed by atoms with Gasteiger partial charge in [0.1, 0.15) is 17.9 Å². The van der Waals surface area contributed by atoms with Gasteiger partial charge in [-0.15, -0.1) is 0 Å². The van der Waals surface area contributed by atoms with Crippen molar-refractivity contribution in [2.24, 2.45) is 0 Å². The fourth-order valence-corrected chi connectivity index (χ4v) is 2.84. The van der Waals surface area contributed by atoms with Crippen molar-refractivity contribution in [2.75, 3.05) is 13.7 Å². The molecule has 2 aromatic rings. The maximum atomic E-state index is 5.58. The molecule has 0 bridgehead atoms. The van der Waals surface area contributed by atoms with E-state index in [0.29, 0.717) is 0 Å². The second-order valence-corrected chi connectivity index (χ2v) is 5.41. The highest BCUT2D eigenvalue weighted by atomic mass is 16.5. The maximum absolute atomic E-state index is 5.58. The molecule has 0 aliphatic carbocycles. The van der Waals surface area contributed by atoms with Gasteiger partial charge >= 0.3 is 0 Å². The van der Waals surface area contributed by atoms with Crippen molar-refractivity contribution in [3.63, 3.8) is 0 Å². The summed E-state index contributed by atoms with van der Waals surface area (Å²) in [6, 6.07) is 6.73. The van der Waals surface area contributed by atoms with Crippen LogP contribution in [0.2, 0.25) is 0 Å². The summed E-state index contributed by atoms with van der Waals surface area (Å²) >= 11 is 0. The number of likely N-dealkylation sites (N-methyl/N-ethyl adjacent to an activating group) is 1. The SMILES string of the molecule is CCCn1ncnc1CC(NC)c1ccc2c(c1)CCO2. The number of hydrogen-bond donors (Lipinski definition) is 1. The minimum absolute atomic E-state index is 0.246. The third kappa shape index (κ3) is 2.93. The zero-order chi connectivity index (χ0) is 14.7. The van der Waals surface area contributed by atoms with Gasteiger partial charge in [-0.05, 0) is 30.7 Å². The summed E-state index contributed by atoms with van der Waals surface area (Å²) in [5.41, 5.74) is 2.59. The molecule has 0 radical (unpaired) electrons. The van der Waals surface area contributed by atoms with Crippen LogP contribution in [0.15, 0.2) is 24.5 Å². The van der Waals surface area contributed by atoms with Gasteiger partial charge in [0.15, 0.2) is 0 Å². The van der Waals surface area contributed by atoms with Crippen LogP contribution in [0.1, 0.15) is 36.3 Å². The molecule has 0 saturated heterocycles. The van der Waals surface area contributed by atoms with Crippen molar-refractivity contribution in [3.05, 3.63) is 41.5 Å². The molecule has 5 heteroatoms. The van der Waals surface area contributed by atoms with E-state index in [2.05, 4.69) is 40.5 Å². The van der Waals surface area contributed by atoms with E-state index in [-0.39, 0.29) is 6.04 Å². The molecule has 3 rings (SSSR count). The molecule has 1 unspecified atom stereocenters. The van der Waals surface area contributed by atoms with Gasteiger partial charge in [-0.2, -0.15) is 5.10 Å². The molecule has 1 aromatic heterocycles. The molecule has 5 nitrogen and oxygen atoms in total. The van der Waals surface area contributed by atoms with E-state index >= 15 is 0 Å². The minimum atomic E-state index is 0.246. The van der Waals surface area contributed by atoms with E-state index in [1.165, 1.54) is 11.1 Å². The van der Waals surface area contributed by atoms with Crippen LogP contribution in [0.4, 0.5) is 0 Å². The van der Waals surface area contributed by atoms with E-state index in [1.54, 1.807) is 6.33 Å². The van der Waals surface area contributed by atoms with Crippen LogP contribution in [-0.4, -0.2) is 28.4 Å². The predicted molar refractivity (Wildman–Crippen MR) is 81.5 cm³/mol. The number of aromatic nitrogens is 3. The summed E-state index contributed by atoms with van der Waals surface area (Å²) in [7, 11) is 1.99. The molecule has 21 heavy (non-hydrogen) atoms. The standard InChI is InChI=1S/C16H22N4O/c1-3-7-20-16(18-11-19-20)10-14(17-2)12-4-5-15-13(9-12)6-8-21-15/h4-5,9,11,14,17H,3,6-8,10H2,1-2H3. The lowest BCUT2D eigenvalue weighted by Crippen LogP contribution is -2.21. The first kappa shape index (κ1) is 14.1. The highest BCUT2D eigenvalue weighted by Gasteiger charge is 2.18. The monoisotopic (exact) mass is 286 g/mol. The molecule has 1 aliphatic rings. The van der Waals surface area contributed by atoms with E-state index in [1.807, 2.05) is 11.7 Å². The first-order valence-electron chi connectivity index (χ1n) is 7.61. The van der Waals surface area contributed by atoms with Crippen LogP contribution < -0.4 is 10.1 Å². The highest BCUT2D eigenvalue weighted by molar-refractivity contribution is 5.41. The first-order chi connectivity index (χ1) is 10.3. The van der Waals surface area contributed by atoms with E-state index in [4.69, 9.17) is 4.74 Å². The number of fused-ring (bicyclic) bond motifs is 1. The highest BCUT2D eigenvalue weighted by Crippen LogP contribution is 2.29. The van der Waals surface area contributed by atoms with Gasteiger partial charge in [-0.3, -0.25) is 4.68 Å². The molecule has 0 saturated carbocycles. The summed E-state index contributed by atoms with van der Waals surface area (Å²) < 4.78 is 7.58. The Morgan fingerprint density at radius 1 is 1.43 bits per heavy atom. The van der Waals surface area contributed by atoms with E-state index < -0.39 is 0 Å². The largest absolute Gasteiger partial charge is 0.493 e. The summed E-state index contributed by atoms with van der Waals surface area (Å²) in [6.45, 7) is 3.87. The molecule has 1 N–H and O–H groups in total. The second kappa shape index (κ2) is 6.26. The van der Waals surface area contributed by atoms with Gasteiger partial charge in [0.25, 0.3) is 0 Å². The van der Waals surface area contributed by atoms with Crippen molar-refractivity contribution in [1.29, 1.82) is 0 Å². The molecule has 0 spiro atoms. The Balaban J connectivity index is 1.80. The van der Waals surface area contributed by atoms with Gasteiger partial charge in [0, 0.05) is 25.4 Å². The van der Waals surface area contributed by atoms with Gasteiger partial charge in [0.2, 0.25) is 0 Å². The molecule has 0 amide bonds. The summed E-state index contributed by atoms with van der Waals surface area (Å²) in [4.78, 5) is 4.41. The zero-order valence-corrected chi connectivity index (χ0v) is 12.7. The summed E-state index contributed by atoms with van der Waals surface area (Å²) in [5.74, 6) is 2.07. The fraction of sp³-hybridized carbons (Fsp3) is 0.500. The smallest absolute Gasteiger partial charge is 0.138 e. The summed E-state index contributed by atoms with van der Waals surface area (Å²) in [6.07, 6.45) is 4.56. The van der Waals surface area contributed by atoms with Crippen LogP contribution >= 0.6 is 0 Å². The van der Waals surface area contributed by atoms with Crippen LogP contribution in [0.3, 0.4) is 0 Å². The number of aryl methyl sites for hydroxylation is 1. The Kier molecular flexibility index (Phi) is 4.20. The topological polar surface area (TPSA) is 52.0 Å². The third-order valence-electron chi connectivity index (χ3n) is 3.98. The lowest BCUT2D eigenvalue weighted by molar-refractivity contribution is 0.356. The first-order valence-corrected chi connectivity index (χ1v) is 7.61. The number of hydrogen-bond acceptors (Lipinski definition) is 4. The van der Waals surface area contributed by atoms with Gasteiger partial charge in [-0.1, -0.05) is 19.1 Å². The van der Waals surface area contributed by atoms with Gasteiger partial charge in [-0.25, -0.2) is 4.98 Å². The number of benzene rings is 1. The molecule has 112 valence electrons. The van der Waals surface area contributed by atoms with E-state index in [9.17, 15) is 0 Å². The van der Waals surface area contributed by atoms with Gasteiger partial charge < -0.3 is 10.1 Å². The lowest BCUT2D eigenvalue weighted by atomic mass is 10.00. The predicted octanol–water partition coefficient (Wildman–Crippen LogP) is 2.13. The molecular formula is C16H22N4O. The van der Waals surface area contributed by atoms with Crippen LogP contribution in [0.25, 0.3) is 0 Å². The Labute approximate surface area is 125 Å². The van der Waals surface area contributed by atoms with Crippen molar-refractivity contribution in [1.82, 2.24) is 20.1 Å². The Bertz CT molecular complexity index is 608. The second-order valence-electron chi connectivity index (χ2n) is 5.41. The van der Waals surface area contributed by atoms with Crippen molar-refractivity contribution >= 4 is 0 Å². The Morgan fingerprint density at radius 3 is 3.14 bits per heavy atom.